The van der Waals surface area contributed by atoms with Crippen molar-refractivity contribution in [3.05, 3.63) is 64.6 Å². The number of nitrogens with zero attached hydrogens (tertiary/aromatic N) is 1. The van der Waals surface area contributed by atoms with E-state index < -0.39 is 0 Å². The van der Waals surface area contributed by atoms with Gasteiger partial charge in [-0.2, -0.15) is 0 Å². The molecular weight excluding hydrogens is 212 g/mol. The molecule has 0 unspecified atom stereocenters. The molecule has 84 valence electrons. The first-order chi connectivity index (χ1) is 8.24. The van der Waals surface area contributed by atoms with Crippen molar-refractivity contribution in [1.29, 1.82) is 0 Å². The quantitative estimate of drug-likeness (QED) is 0.677. The van der Waals surface area contributed by atoms with Crippen LogP contribution in [0.1, 0.15) is 5.56 Å². The topological polar surface area (TPSA) is 37.3 Å². The van der Waals surface area contributed by atoms with Crippen molar-refractivity contribution in [1.82, 2.24) is 9.38 Å². The molecule has 3 rings (SSSR count). The van der Waals surface area contributed by atoms with Crippen LogP contribution >= 0.6 is 0 Å². The van der Waals surface area contributed by atoms with Crippen molar-refractivity contribution in [2.75, 3.05) is 0 Å². The number of aromatic nitrogens is 2. The van der Waals surface area contributed by atoms with Gasteiger partial charge >= 0.3 is 0 Å². The van der Waals surface area contributed by atoms with Gasteiger partial charge in [0.05, 0.1) is 5.69 Å². The number of imidazole rings is 1. The molecule has 0 saturated carbocycles. The van der Waals surface area contributed by atoms with Crippen molar-refractivity contribution >= 4 is 5.65 Å². The highest BCUT2D eigenvalue weighted by molar-refractivity contribution is 5.63. The maximum Gasteiger partial charge on any atom is 0.256 e. The summed E-state index contributed by atoms with van der Waals surface area (Å²) in [6.07, 6.45) is 1.84. The molecule has 0 spiro atoms. The molecule has 0 amide bonds. The van der Waals surface area contributed by atoms with Gasteiger partial charge < -0.3 is 4.98 Å². The number of rotatable bonds is 1. The van der Waals surface area contributed by atoms with Gasteiger partial charge in [-0.3, -0.25) is 9.20 Å². The van der Waals surface area contributed by atoms with E-state index >= 15 is 0 Å². The zero-order valence-corrected chi connectivity index (χ0v) is 9.47. The lowest BCUT2D eigenvalue weighted by Crippen LogP contribution is -2.08. The van der Waals surface area contributed by atoms with E-state index in [0.717, 1.165) is 16.9 Å². The second-order valence-electron chi connectivity index (χ2n) is 4.16. The van der Waals surface area contributed by atoms with Gasteiger partial charge in [-0.25, -0.2) is 0 Å². The summed E-state index contributed by atoms with van der Waals surface area (Å²) in [5.41, 5.74) is 4.05. The van der Waals surface area contributed by atoms with Crippen LogP contribution in [0.3, 0.4) is 0 Å². The van der Waals surface area contributed by atoms with Crippen LogP contribution in [0.5, 0.6) is 0 Å². The number of hydrogen-bond donors (Lipinski definition) is 1. The Morgan fingerprint density at radius 2 is 1.94 bits per heavy atom. The minimum Gasteiger partial charge on any atom is -0.340 e. The van der Waals surface area contributed by atoms with Crippen molar-refractivity contribution in [3.8, 4) is 11.3 Å². The molecule has 0 saturated heterocycles. The zero-order valence-electron chi connectivity index (χ0n) is 9.47. The Bertz CT molecular complexity index is 737. The number of aryl methyl sites for hydroxylation is 1. The summed E-state index contributed by atoms with van der Waals surface area (Å²) in [6.45, 7) is 2.05. The molecule has 0 radical (unpaired) electrons. The second kappa shape index (κ2) is 3.63. The summed E-state index contributed by atoms with van der Waals surface area (Å²) < 4.78 is 1.62. The lowest BCUT2D eigenvalue weighted by Gasteiger charge is -1.97. The summed E-state index contributed by atoms with van der Waals surface area (Å²) in [5, 5.41) is 0. The van der Waals surface area contributed by atoms with Gasteiger partial charge in [0, 0.05) is 12.3 Å². The van der Waals surface area contributed by atoms with Gasteiger partial charge in [0.2, 0.25) is 0 Å². The first-order valence-corrected chi connectivity index (χ1v) is 5.51. The number of nitrogens with one attached hydrogen (secondary N) is 1. The van der Waals surface area contributed by atoms with E-state index in [2.05, 4.69) is 24.0 Å². The lowest BCUT2D eigenvalue weighted by atomic mass is 10.1. The van der Waals surface area contributed by atoms with Crippen LogP contribution in [0.2, 0.25) is 0 Å². The number of H-pyrrole nitrogens is 1. The molecule has 0 aliphatic carbocycles. The second-order valence-corrected chi connectivity index (χ2v) is 4.16. The smallest absolute Gasteiger partial charge is 0.256 e. The van der Waals surface area contributed by atoms with Gasteiger partial charge in [-0.1, -0.05) is 29.8 Å². The lowest BCUT2D eigenvalue weighted by molar-refractivity contribution is 1.11. The molecule has 2 aromatic heterocycles. The predicted molar refractivity (Wildman–Crippen MR) is 68.2 cm³/mol. The Hall–Kier alpha value is -2.29. The van der Waals surface area contributed by atoms with Crippen molar-refractivity contribution in [2.45, 2.75) is 6.92 Å². The van der Waals surface area contributed by atoms with E-state index in [4.69, 9.17) is 0 Å². The van der Waals surface area contributed by atoms with Crippen LogP contribution < -0.4 is 5.56 Å². The number of pyridine rings is 1. The summed E-state index contributed by atoms with van der Waals surface area (Å²) in [6, 6.07) is 13.4. The number of benzene rings is 1. The molecule has 0 atom stereocenters. The molecule has 0 aliphatic heterocycles. The fourth-order valence-corrected chi connectivity index (χ4v) is 1.99. The Balaban J connectivity index is 2.25. The molecule has 0 aliphatic rings. The summed E-state index contributed by atoms with van der Waals surface area (Å²) in [5.74, 6) is 0. The van der Waals surface area contributed by atoms with Crippen LogP contribution in [0.4, 0.5) is 0 Å². The molecule has 2 heterocycles. The third-order valence-corrected chi connectivity index (χ3v) is 2.84. The maximum atomic E-state index is 11.6. The number of aromatic amines is 1. The summed E-state index contributed by atoms with van der Waals surface area (Å²) in [4.78, 5) is 14.9. The Morgan fingerprint density at radius 3 is 2.71 bits per heavy atom. The zero-order chi connectivity index (χ0) is 11.8. The highest BCUT2D eigenvalue weighted by atomic mass is 16.1. The Morgan fingerprint density at radius 1 is 1.12 bits per heavy atom. The molecule has 3 heteroatoms. The highest BCUT2D eigenvalue weighted by Crippen LogP contribution is 2.19. The van der Waals surface area contributed by atoms with Gasteiger partial charge in [0.25, 0.3) is 5.56 Å². The SMILES string of the molecule is Cc1cccc(-c2cn3c(=O)cccc3[nH]2)c1. The Kier molecular flexibility index (Phi) is 2.11. The molecular formula is C14H12N2O. The van der Waals surface area contributed by atoms with E-state index in [-0.39, 0.29) is 5.56 Å². The van der Waals surface area contributed by atoms with Gasteiger partial charge in [0.15, 0.2) is 0 Å². The van der Waals surface area contributed by atoms with Crippen LogP contribution in [0, 0.1) is 6.92 Å². The summed E-state index contributed by atoms with van der Waals surface area (Å²) in [7, 11) is 0. The molecule has 0 fully saturated rings. The fourth-order valence-electron chi connectivity index (χ4n) is 1.99. The predicted octanol–water partition coefficient (Wildman–Crippen LogP) is 2.60. The van der Waals surface area contributed by atoms with E-state index in [1.807, 2.05) is 24.4 Å². The molecule has 3 nitrogen and oxygen atoms in total. The average Bonchev–Trinajstić information content (AvgIpc) is 2.74. The molecule has 1 N–H and O–H groups in total. The third-order valence-electron chi connectivity index (χ3n) is 2.84. The first-order valence-electron chi connectivity index (χ1n) is 5.51. The standard InChI is InChI=1S/C14H12N2O/c1-10-4-2-5-11(8-10)12-9-16-13(15-12)6-3-7-14(16)17/h2-9,15H,1H3. The monoisotopic (exact) mass is 224 g/mol. The molecule has 17 heavy (non-hydrogen) atoms. The number of hydrogen-bond acceptors (Lipinski definition) is 1. The van der Waals surface area contributed by atoms with Gasteiger partial charge in [-0.15, -0.1) is 0 Å². The van der Waals surface area contributed by atoms with Crippen LogP contribution in [0.15, 0.2) is 53.5 Å². The highest BCUT2D eigenvalue weighted by Gasteiger charge is 2.03. The molecule has 3 aromatic rings. The van der Waals surface area contributed by atoms with Gasteiger partial charge in [0.1, 0.15) is 5.65 Å². The normalized spacial score (nSPS) is 10.9. The molecule has 0 bridgehead atoms. The van der Waals surface area contributed by atoms with Crippen molar-refractivity contribution in [2.24, 2.45) is 0 Å². The van der Waals surface area contributed by atoms with Crippen LogP contribution in [-0.4, -0.2) is 9.38 Å². The van der Waals surface area contributed by atoms with E-state index in [1.54, 1.807) is 16.5 Å². The maximum absolute atomic E-state index is 11.6. The minimum atomic E-state index is -0.0161. The van der Waals surface area contributed by atoms with Crippen LogP contribution in [-0.2, 0) is 0 Å². The number of fused-ring (bicyclic) bond motifs is 1. The minimum absolute atomic E-state index is 0.0161. The van der Waals surface area contributed by atoms with Crippen molar-refractivity contribution < 1.29 is 0 Å². The van der Waals surface area contributed by atoms with E-state index in [0.29, 0.717) is 0 Å². The van der Waals surface area contributed by atoms with Gasteiger partial charge in [-0.05, 0) is 24.6 Å². The third kappa shape index (κ3) is 1.65. The van der Waals surface area contributed by atoms with E-state index in [9.17, 15) is 4.79 Å². The largest absolute Gasteiger partial charge is 0.340 e. The molecule has 1 aromatic carbocycles. The summed E-state index contributed by atoms with van der Waals surface area (Å²) >= 11 is 0. The van der Waals surface area contributed by atoms with E-state index in [1.165, 1.54) is 5.56 Å². The van der Waals surface area contributed by atoms with Crippen molar-refractivity contribution in [3.63, 3.8) is 0 Å². The average molecular weight is 224 g/mol. The fraction of sp³-hybridized carbons (Fsp3) is 0.0714. The van der Waals surface area contributed by atoms with Crippen LogP contribution in [0.25, 0.3) is 16.9 Å². The first kappa shape index (κ1) is 9.90. The Labute approximate surface area is 98.4 Å².